The molecule has 2 aliphatic heterocycles. The maximum atomic E-state index is 13.3. The number of fused-ring (bicyclic) bond motifs is 3. The van der Waals surface area contributed by atoms with Gasteiger partial charge in [0.15, 0.2) is 0 Å². The van der Waals surface area contributed by atoms with Gasteiger partial charge in [0.2, 0.25) is 0 Å². The Morgan fingerprint density at radius 1 is 1.06 bits per heavy atom. The molecular weight excluding hydrogens is 390 g/mol. The van der Waals surface area contributed by atoms with Crippen molar-refractivity contribution in [2.45, 2.75) is 38.3 Å². The summed E-state index contributed by atoms with van der Waals surface area (Å²) in [6.07, 6.45) is 6.29. The van der Waals surface area contributed by atoms with Crippen molar-refractivity contribution in [2.75, 3.05) is 39.9 Å². The fourth-order valence-corrected chi connectivity index (χ4v) is 4.74. The first-order valence-electron chi connectivity index (χ1n) is 11.4. The monoisotopic (exact) mass is 423 g/mol. The number of amides is 1. The average molecular weight is 424 g/mol. The highest BCUT2D eigenvalue weighted by molar-refractivity contribution is 5.97. The second-order valence-electron chi connectivity index (χ2n) is 8.51. The summed E-state index contributed by atoms with van der Waals surface area (Å²) in [5, 5.41) is 0. The maximum Gasteiger partial charge on any atom is 0.257 e. The Balaban J connectivity index is 1.53. The summed E-state index contributed by atoms with van der Waals surface area (Å²) in [6, 6.07) is 13.7. The predicted octanol–water partition coefficient (Wildman–Crippen LogP) is 3.62. The Bertz CT molecular complexity index is 845. The van der Waals surface area contributed by atoms with Crippen molar-refractivity contribution in [3.8, 4) is 5.75 Å². The fourth-order valence-electron chi connectivity index (χ4n) is 4.74. The van der Waals surface area contributed by atoms with E-state index in [4.69, 9.17) is 9.47 Å². The quantitative estimate of drug-likeness (QED) is 0.755. The van der Waals surface area contributed by atoms with Crippen LogP contribution in [0.15, 0.2) is 48.7 Å². The standard InChI is InChI=1S/C25H33N3O3/c1-30-23-12-15-28-18-20(23)8-5-7-14-27(19-21-9-4-6-13-26-21)16-17-31-24-11-3-2-10-22(24)25(28)29/h2-4,6,9-11,13,20,23H,5,7-8,12,14-19H2,1H3/t20-,23+/m1/s1. The lowest BCUT2D eigenvalue weighted by Gasteiger charge is -2.38. The van der Waals surface area contributed by atoms with Gasteiger partial charge < -0.3 is 14.4 Å². The molecule has 0 N–H and O–H groups in total. The van der Waals surface area contributed by atoms with E-state index in [1.807, 2.05) is 47.5 Å². The van der Waals surface area contributed by atoms with Crippen molar-refractivity contribution in [1.82, 2.24) is 14.8 Å². The first-order chi connectivity index (χ1) is 15.2. The predicted molar refractivity (Wildman–Crippen MR) is 120 cm³/mol. The van der Waals surface area contributed by atoms with Crippen molar-refractivity contribution < 1.29 is 14.3 Å². The first-order valence-corrected chi connectivity index (χ1v) is 11.4. The van der Waals surface area contributed by atoms with E-state index in [0.717, 1.165) is 64.1 Å². The fraction of sp³-hybridized carbons (Fsp3) is 0.520. The second-order valence-corrected chi connectivity index (χ2v) is 8.51. The van der Waals surface area contributed by atoms with Crippen molar-refractivity contribution in [2.24, 2.45) is 5.92 Å². The number of nitrogens with zero attached hydrogens (tertiary/aromatic N) is 3. The van der Waals surface area contributed by atoms with Gasteiger partial charge in [-0.25, -0.2) is 0 Å². The van der Waals surface area contributed by atoms with Crippen molar-refractivity contribution in [3.05, 3.63) is 59.9 Å². The lowest BCUT2D eigenvalue weighted by Crippen LogP contribution is -2.46. The number of methoxy groups -OCH3 is 1. The van der Waals surface area contributed by atoms with E-state index >= 15 is 0 Å². The number of piperidine rings is 1. The molecule has 166 valence electrons. The van der Waals surface area contributed by atoms with E-state index in [9.17, 15) is 4.79 Å². The van der Waals surface area contributed by atoms with Crippen molar-refractivity contribution in [3.63, 3.8) is 0 Å². The largest absolute Gasteiger partial charge is 0.491 e. The van der Waals surface area contributed by atoms with E-state index in [1.54, 1.807) is 7.11 Å². The highest BCUT2D eigenvalue weighted by atomic mass is 16.5. The molecule has 1 saturated heterocycles. The van der Waals surface area contributed by atoms with Crippen LogP contribution < -0.4 is 4.74 Å². The Labute approximate surface area is 185 Å². The molecule has 1 aromatic heterocycles. The third-order valence-corrected chi connectivity index (χ3v) is 6.45. The van der Waals surface area contributed by atoms with Crippen LogP contribution in [0.2, 0.25) is 0 Å². The van der Waals surface area contributed by atoms with Crippen LogP contribution >= 0.6 is 0 Å². The van der Waals surface area contributed by atoms with Gasteiger partial charge in [0.25, 0.3) is 5.91 Å². The summed E-state index contributed by atoms with van der Waals surface area (Å²) in [6.45, 7) is 4.65. The number of rotatable bonds is 3. The molecule has 6 nitrogen and oxygen atoms in total. The number of hydrogen-bond donors (Lipinski definition) is 0. The van der Waals surface area contributed by atoms with Crippen molar-refractivity contribution >= 4 is 5.91 Å². The number of hydrogen-bond acceptors (Lipinski definition) is 5. The molecule has 0 aliphatic carbocycles. The lowest BCUT2D eigenvalue weighted by molar-refractivity contribution is -0.00702. The zero-order valence-corrected chi connectivity index (χ0v) is 18.4. The van der Waals surface area contributed by atoms with Gasteiger partial charge >= 0.3 is 0 Å². The van der Waals surface area contributed by atoms with Crippen LogP contribution in [0.1, 0.15) is 41.7 Å². The van der Waals surface area contributed by atoms with Gasteiger partial charge in [0, 0.05) is 45.4 Å². The number of para-hydroxylation sites is 1. The molecule has 2 atom stereocenters. The number of ether oxygens (including phenoxy) is 2. The lowest BCUT2D eigenvalue weighted by atomic mass is 9.89. The molecule has 0 radical (unpaired) electrons. The molecule has 2 aromatic rings. The summed E-state index contributed by atoms with van der Waals surface area (Å²) in [5.74, 6) is 1.12. The van der Waals surface area contributed by atoms with Gasteiger partial charge in [-0.05, 0) is 50.1 Å². The Hall–Kier alpha value is -2.44. The zero-order chi connectivity index (χ0) is 21.5. The Morgan fingerprint density at radius 3 is 2.77 bits per heavy atom. The minimum absolute atomic E-state index is 0.0672. The Kier molecular flexibility index (Phi) is 7.54. The van der Waals surface area contributed by atoms with Crippen LogP contribution in [0, 0.1) is 5.92 Å². The molecule has 0 unspecified atom stereocenters. The van der Waals surface area contributed by atoms with Gasteiger partial charge in [-0.3, -0.25) is 14.7 Å². The summed E-state index contributed by atoms with van der Waals surface area (Å²) in [7, 11) is 1.80. The Morgan fingerprint density at radius 2 is 1.94 bits per heavy atom. The van der Waals surface area contributed by atoms with E-state index in [-0.39, 0.29) is 12.0 Å². The molecule has 1 fully saturated rings. The molecule has 6 heteroatoms. The van der Waals surface area contributed by atoms with E-state index < -0.39 is 0 Å². The minimum atomic E-state index is 0.0672. The third-order valence-electron chi connectivity index (χ3n) is 6.45. The molecule has 1 aromatic carbocycles. The van der Waals surface area contributed by atoms with Crippen LogP contribution in [-0.2, 0) is 11.3 Å². The highest BCUT2D eigenvalue weighted by Gasteiger charge is 2.32. The summed E-state index contributed by atoms with van der Waals surface area (Å²) >= 11 is 0. The molecule has 0 saturated carbocycles. The van der Waals surface area contributed by atoms with Gasteiger partial charge in [0.1, 0.15) is 12.4 Å². The maximum absolute atomic E-state index is 13.3. The number of pyridine rings is 1. The number of aromatic nitrogens is 1. The number of benzene rings is 1. The topological polar surface area (TPSA) is 54.9 Å². The summed E-state index contributed by atoms with van der Waals surface area (Å²) in [5.41, 5.74) is 1.73. The minimum Gasteiger partial charge on any atom is -0.491 e. The van der Waals surface area contributed by atoms with Crippen LogP contribution in [0.5, 0.6) is 5.75 Å². The molecule has 2 bridgehead atoms. The third kappa shape index (κ3) is 5.63. The van der Waals surface area contributed by atoms with Crippen LogP contribution in [0.25, 0.3) is 0 Å². The van der Waals surface area contributed by atoms with Crippen LogP contribution in [0.4, 0.5) is 0 Å². The molecule has 2 aliphatic rings. The highest BCUT2D eigenvalue weighted by Crippen LogP contribution is 2.28. The molecule has 31 heavy (non-hydrogen) atoms. The van der Waals surface area contributed by atoms with E-state index in [0.29, 0.717) is 23.8 Å². The molecule has 0 spiro atoms. The number of carbonyl (C=O) groups excluding carboxylic acids is 1. The second kappa shape index (κ2) is 10.7. The molecule has 1 amide bonds. The van der Waals surface area contributed by atoms with Gasteiger partial charge in [0.05, 0.1) is 17.4 Å². The van der Waals surface area contributed by atoms with Gasteiger partial charge in [-0.2, -0.15) is 0 Å². The normalized spacial score (nSPS) is 23.5. The van der Waals surface area contributed by atoms with E-state index in [2.05, 4.69) is 16.0 Å². The average Bonchev–Trinajstić information content (AvgIpc) is 2.81. The van der Waals surface area contributed by atoms with Gasteiger partial charge in [-0.15, -0.1) is 0 Å². The van der Waals surface area contributed by atoms with Gasteiger partial charge in [-0.1, -0.05) is 24.6 Å². The first kappa shape index (κ1) is 21.8. The summed E-state index contributed by atoms with van der Waals surface area (Å²) in [4.78, 5) is 22.2. The van der Waals surface area contributed by atoms with Crippen LogP contribution in [0.3, 0.4) is 0 Å². The van der Waals surface area contributed by atoms with E-state index in [1.165, 1.54) is 0 Å². The smallest absolute Gasteiger partial charge is 0.257 e. The molecular formula is C25H33N3O3. The molecule has 3 heterocycles. The van der Waals surface area contributed by atoms with Crippen molar-refractivity contribution in [1.29, 1.82) is 0 Å². The molecule has 4 rings (SSSR count). The van der Waals surface area contributed by atoms with Crippen LogP contribution in [-0.4, -0.2) is 66.7 Å². The zero-order valence-electron chi connectivity index (χ0n) is 18.4. The SMILES string of the molecule is CO[C@H]1CCN2C[C@H]1CCCCN(Cc1ccccn1)CCOc1ccccc1C2=O. The number of carbonyl (C=O) groups is 1. The summed E-state index contributed by atoms with van der Waals surface area (Å²) < 4.78 is 11.9.